The van der Waals surface area contributed by atoms with E-state index in [1.165, 1.54) is 17.8 Å². The van der Waals surface area contributed by atoms with E-state index < -0.39 is 27.9 Å². The molecule has 0 aromatic heterocycles. The molecule has 0 saturated carbocycles. The molecule has 3 nitrogen and oxygen atoms in total. The third-order valence-electron chi connectivity index (χ3n) is 3.36. The number of thioether (sulfide) groups is 1. The molecule has 116 valence electrons. The lowest BCUT2D eigenvalue weighted by atomic mass is 9.97. The maximum atomic E-state index is 14.1. The molecule has 7 heteroatoms. The summed E-state index contributed by atoms with van der Waals surface area (Å²) in [6, 6.07) is 9.46. The van der Waals surface area contributed by atoms with Gasteiger partial charge < -0.3 is 0 Å². The normalized spacial score (nSPS) is 17.5. The van der Waals surface area contributed by atoms with E-state index in [0.29, 0.717) is 11.1 Å². The highest BCUT2D eigenvalue weighted by Crippen LogP contribution is 2.42. The van der Waals surface area contributed by atoms with Crippen molar-refractivity contribution in [1.82, 2.24) is 0 Å². The highest BCUT2D eigenvalue weighted by molar-refractivity contribution is 7.98. The topological polar surface area (TPSA) is 43.4 Å². The van der Waals surface area contributed by atoms with E-state index >= 15 is 0 Å². The molecule has 0 bridgehead atoms. The first-order chi connectivity index (χ1) is 10.4. The van der Waals surface area contributed by atoms with Crippen molar-refractivity contribution in [1.29, 1.82) is 0 Å². The Kier molecular flexibility index (Phi) is 3.96. The minimum Gasteiger partial charge on any atom is -0.257 e. The second-order valence-corrected chi connectivity index (χ2v) is 7.55. The summed E-state index contributed by atoms with van der Waals surface area (Å²) in [7, 11) is -3.77. The zero-order valence-electron chi connectivity index (χ0n) is 11.5. The third kappa shape index (κ3) is 2.88. The molecule has 1 aliphatic rings. The van der Waals surface area contributed by atoms with Crippen molar-refractivity contribution in [3.8, 4) is 0 Å². The molecular weight excluding hydrogens is 330 g/mol. The zero-order chi connectivity index (χ0) is 15.9. The van der Waals surface area contributed by atoms with Crippen LogP contribution < -0.4 is 0 Å². The van der Waals surface area contributed by atoms with Gasteiger partial charge in [-0.2, -0.15) is 8.42 Å². The van der Waals surface area contributed by atoms with Crippen molar-refractivity contribution in [3.05, 3.63) is 64.7 Å². The predicted octanol–water partition coefficient (Wildman–Crippen LogP) is 3.64. The Morgan fingerprint density at radius 2 is 1.86 bits per heavy atom. The fraction of sp³-hybridized carbons (Fsp3) is 0.200. The van der Waals surface area contributed by atoms with E-state index in [1.807, 2.05) is 0 Å². The minimum absolute atomic E-state index is 0.134. The van der Waals surface area contributed by atoms with Crippen LogP contribution in [0.5, 0.6) is 0 Å². The molecule has 3 rings (SSSR count). The molecule has 2 aromatic rings. The summed E-state index contributed by atoms with van der Waals surface area (Å²) in [6.45, 7) is 0. The van der Waals surface area contributed by atoms with E-state index in [0.717, 1.165) is 17.2 Å². The van der Waals surface area contributed by atoms with Crippen LogP contribution in [-0.4, -0.2) is 14.7 Å². The average molecular weight is 342 g/mol. The van der Waals surface area contributed by atoms with Gasteiger partial charge in [-0.05, 0) is 17.7 Å². The first-order valence-corrected chi connectivity index (χ1v) is 9.24. The van der Waals surface area contributed by atoms with Gasteiger partial charge >= 0.3 is 0 Å². The van der Waals surface area contributed by atoms with Gasteiger partial charge in [-0.15, -0.1) is 11.8 Å². The van der Waals surface area contributed by atoms with Gasteiger partial charge in [0, 0.05) is 21.8 Å². The Morgan fingerprint density at radius 1 is 1.14 bits per heavy atom. The molecule has 0 fully saturated rings. The summed E-state index contributed by atoms with van der Waals surface area (Å²) >= 11 is 1.32. The van der Waals surface area contributed by atoms with Gasteiger partial charge in [-0.25, -0.2) is 8.78 Å². The molecule has 22 heavy (non-hydrogen) atoms. The van der Waals surface area contributed by atoms with Crippen molar-refractivity contribution in [3.63, 3.8) is 0 Å². The standard InChI is InChI=1S/C15H12F2O3S2/c1-22(18,19)20-15-9-6-7-12(16)14(17)11(9)8-21-13-5-3-2-4-10(13)15/h2-7,15H,8H2,1H3/t15-/m1/s1. The quantitative estimate of drug-likeness (QED) is 0.782. The van der Waals surface area contributed by atoms with Crippen LogP contribution in [0.3, 0.4) is 0 Å². The summed E-state index contributed by atoms with van der Waals surface area (Å²) < 4.78 is 55.9. The molecule has 2 aromatic carbocycles. The number of fused-ring (bicyclic) bond motifs is 2. The Hall–Kier alpha value is -1.44. The fourth-order valence-corrected chi connectivity index (χ4v) is 4.09. The van der Waals surface area contributed by atoms with E-state index in [1.54, 1.807) is 24.3 Å². The van der Waals surface area contributed by atoms with Crippen LogP contribution in [-0.2, 0) is 20.1 Å². The average Bonchev–Trinajstić information content (AvgIpc) is 2.60. The molecule has 0 amide bonds. The summed E-state index contributed by atoms with van der Waals surface area (Å²) in [5.74, 6) is -1.71. The van der Waals surface area contributed by atoms with Crippen LogP contribution in [0.15, 0.2) is 41.3 Å². The lowest BCUT2D eigenvalue weighted by Crippen LogP contribution is -2.14. The second-order valence-electron chi connectivity index (χ2n) is 4.94. The Balaban J connectivity index is 2.24. The van der Waals surface area contributed by atoms with E-state index in [9.17, 15) is 17.2 Å². The van der Waals surface area contributed by atoms with Gasteiger partial charge in [-0.1, -0.05) is 24.3 Å². The fourth-order valence-electron chi connectivity index (χ4n) is 2.42. The first kappa shape index (κ1) is 15.5. The van der Waals surface area contributed by atoms with Crippen LogP contribution in [0.4, 0.5) is 8.78 Å². The van der Waals surface area contributed by atoms with Gasteiger partial charge in [0.05, 0.1) is 6.26 Å². The molecule has 1 atom stereocenters. The minimum atomic E-state index is -3.77. The molecule has 0 saturated heterocycles. The Labute approximate surface area is 131 Å². The molecule has 1 aliphatic heterocycles. The highest BCUT2D eigenvalue weighted by atomic mass is 32.2. The molecule has 0 unspecified atom stereocenters. The summed E-state index contributed by atoms with van der Waals surface area (Å²) in [6.07, 6.45) is -0.0426. The largest absolute Gasteiger partial charge is 0.265 e. The molecule has 0 spiro atoms. The summed E-state index contributed by atoms with van der Waals surface area (Å²) in [5.41, 5.74) is 1.10. The summed E-state index contributed by atoms with van der Waals surface area (Å²) in [5, 5.41) is 0. The van der Waals surface area contributed by atoms with Gasteiger partial charge in [0.2, 0.25) is 0 Å². The predicted molar refractivity (Wildman–Crippen MR) is 80.1 cm³/mol. The zero-order valence-corrected chi connectivity index (χ0v) is 13.2. The van der Waals surface area contributed by atoms with Crippen molar-refractivity contribution in [2.75, 3.05) is 6.26 Å². The molecule has 0 aliphatic carbocycles. The third-order valence-corrected chi connectivity index (χ3v) is 5.02. The van der Waals surface area contributed by atoms with Crippen LogP contribution >= 0.6 is 11.8 Å². The number of rotatable bonds is 2. The van der Waals surface area contributed by atoms with Gasteiger partial charge in [0.1, 0.15) is 6.10 Å². The lowest BCUT2D eigenvalue weighted by molar-refractivity contribution is 0.252. The number of benzene rings is 2. The lowest BCUT2D eigenvalue weighted by Gasteiger charge is -2.19. The Bertz CT molecular complexity index is 835. The van der Waals surface area contributed by atoms with Crippen LogP contribution in [0.25, 0.3) is 0 Å². The molecule has 0 N–H and O–H groups in total. The molecule has 1 heterocycles. The van der Waals surface area contributed by atoms with Crippen LogP contribution in [0.2, 0.25) is 0 Å². The van der Waals surface area contributed by atoms with E-state index in [-0.39, 0.29) is 11.3 Å². The number of hydrogen-bond donors (Lipinski definition) is 0. The van der Waals surface area contributed by atoms with Gasteiger partial charge in [0.25, 0.3) is 10.1 Å². The van der Waals surface area contributed by atoms with Crippen LogP contribution in [0, 0.1) is 11.6 Å². The number of hydrogen-bond acceptors (Lipinski definition) is 4. The SMILES string of the molecule is CS(=O)(=O)O[C@H]1c2ccccc2SCc2c1ccc(F)c2F. The Morgan fingerprint density at radius 3 is 2.59 bits per heavy atom. The van der Waals surface area contributed by atoms with E-state index in [4.69, 9.17) is 4.18 Å². The van der Waals surface area contributed by atoms with Crippen molar-refractivity contribution < 1.29 is 21.4 Å². The van der Waals surface area contributed by atoms with Gasteiger partial charge in [-0.3, -0.25) is 4.18 Å². The van der Waals surface area contributed by atoms with Gasteiger partial charge in [0.15, 0.2) is 11.6 Å². The second kappa shape index (κ2) is 5.64. The monoisotopic (exact) mass is 342 g/mol. The molecular formula is C15H12F2O3S2. The van der Waals surface area contributed by atoms with Crippen LogP contribution in [0.1, 0.15) is 22.8 Å². The van der Waals surface area contributed by atoms with Crippen molar-refractivity contribution in [2.45, 2.75) is 16.8 Å². The maximum absolute atomic E-state index is 14.1. The van der Waals surface area contributed by atoms with Crippen molar-refractivity contribution in [2.24, 2.45) is 0 Å². The molecule has 0 radical (unpaired) electrons. The van der Waals surface area contributed by atoms with E-state index in [2.05, 4.69) is 0 Å². The number of halogens is 2. The summed E-state index contributed by atoms with van der Waals surface area (Å²) in [4.78, 5) is 0.784. The highest BCUT2D eigenvalue weighted by Gasteiger charge is 2.30. The first-order valence-electron chi connectivity index (χ1n) is 6.43. The maximum Gasteiger partial charge on any atom is 0.265 e. The van der Waals surface area contributed by atoms with Crippen molar-refractivity contribution >= 4 is 21.9 Å². The smallest absolute Gasteiger partial charge is 0.257 e.